The summed E-state index contributed by atoms with van der Waals surface area (Å²) in [4.78, 5) is 12.1. The molecule has 3 nitrogen and oxygen atoms in total. The quantitative estimate of drug-likeness (QED) is 0.720. The summed E-state index contributed by atoms with van der Waals surface area (Å²) < 4.78 is 0. The van der Waals surface area contributed by atoms with Crippen molar-refractivity contribution in [3.05, 3.63) is 78.4 Å². The average Bonchev–Trinajstić information content (AvgIpc) is 2.55. The summed E-state index contributed by atoms with van der Waals surface area (Å²) in [5.41, 5.74) is 1.87. The van der Waals surface area contributed by atoms with Gasteiger partial charge in [-0.2, -0.15) is 0 Å². The number of fused-ring (bicyclic) bond motifs is 1. The van der Waals surface area contributed by atoms with Crippen molar-refractivity contribution in [3.63, 3.8) is 0 Å². The number of nitrogens with one attached hydrogen (secondary N) is 2. The molecule has 3 rings (SSSR count). The maximum atomic E-state index is 12.1. The second kappa shape index (κ2) is 6.31. The van der Waals surface area contributed by atoms with Gasteiger partial charge < -0.3 is 10.6 Å². The predicted octanol–water partition coefficient (Wildman–Crippen LogP) is 4.72. The van der Waals surface area contributed by atoms with Gasteiger partial charge in [0, 0.05) is 5.69 Å². The molecule has 0 aliphatic heterocycles. The highest BCUT2D eigenvalue weighted by Gasteiger charge is 2.09. The number of urea groups is 1. The van der Waals surface area contributed by atoms with Crippen LogP contribution in [0.5, 0.6) is 0 Å². The van der Waals surface area contributed by atoms with E-state index in [1.807, 2.05) is 73.7 Å². The molecule has 0 saturated carbocycles. The minimum Gasteiger partial charge on any atom is -0.331 e. The summed E-state index contributed by atoms with van der Waals surface area (Å²) >= 11 is 0. The predicted molar refractivity (Wildman–Crippen MR) is 91.0 cm³/mol. The lowest BCUT2D eigenvalue weighted by atomic mass is 10.1. The van der Waals surface area contributed by atoms with E-state index < -0.39 is 0 Å². The van der Waals surface area contributed by atoms with E-state index in [-0.39, 0.29) is 12.1 Å². The first kappa shape index (κ1) is 14.1. The van der Waals surface area contributed by atoms with Gasteiger partial charge in [-0.3, -0.25) is 0 Å². The number of carbonyl (C=O) groups is 1. The van der Waals surface area contributed by atoms with Gasteiger partial charge in [-0.15, -0.1) is 0 Å². The number of hydrogen-bond acceptors (Lipinski definition) is 1. The Morgan fingerprint density at radius 1 is 0.864 bits per heavy atom. The lowest BCUT2D eigenvalue weighted by molar-refractivity contribution is 0.249. The van der Waals surface area contributed by atoms with Crippen LogP contribution in [0.3, 0.4) is 0 Å². The van der Waals surface area contributed by atoms with Gasteiger partial charge >= 0.3 is 6.03 Å². The van der Waals surface area contributed by atoms with Gasteiger partial charge in [-0.1, -0.05) is 60.7 Å². The Labute approximate surface area is 130 Å². The summed E-state index contributed by atoms with van der Waals surface area (Å²) in [6, 6.07) is 23.6. The smallest absolute Gasteiger partial charge is 0.319 e. The molecule has 2 N–H and O–H groups in total. The second-order valence-electron chi connectivity index (χ2n) is 5.29. The topological polar surface area (TPSA) is 41.1 Å². The minimum atomic E-state index is -0.202. The lowest BCUT2D eigenvalue weighted by Gasteiger charge is -2.15. The van der Waals surface area contributed by atoms with Gasteiger partial charge in [0.05, 0.1) is 6.04 Å². The standard InChI is InChI=1S/C19H18N2O/c1-14(15-7-3-2-4-8-15)20-19(22)21-18-12-11-16-9-5-6-10-17(16)13-18/h2-14H,1H3,(H2,20,21,22)/t14-/m1/s1. The molecule has 22 heavy (non-hydrogen) atoms. The van der Waals surface area contributed by atoms with Crippen molar-refractivity contribution < 1.29 is 4.79 Å². The van der Waals surface area contributed by atoms with Gasteiger partial charge in [0.1, 0.15) is 0 Å². The highest BCUT2D eigenvalue weighted by atomic mass is 16.2. The maximum Gasteiger partial charge on any atom is 0.319 e. The Kier molecular flexibility index (Phi) is 4.05. The van der Waals surface area contributed by atoms with Crippen LogP contribution in [0.15, 0.2) is 72.8 Å². The van der Waals surface area contributed by atoms with Crippen molar-refractivity contribution in [2.75, 3.05) is 5.32 Å². The molecule has 0 bridgehead atoms. The molecule has 0 unspecified atom stereocenters. The Bertz CT molecular complexity index is 784. The molecule has 0 aliphatic carbocycles. The second-order valence-corrected chi connectivity index (χ2v) is 5.29. The zero-order chi connectivity index (χ0) is 15.4. The highest BCUT2D eigenvalue weighted by molar-refractivity contribution is 5.93. The molecule has 3 heteroatoms. The number of rotatable bonds is 3. The molecule has 0 aromatic heterocycles. The van der Waals surface area contributed by atoms with Crippen LogP contribution in [0.4, 0.5) is 10.5 Å². The number of carbonyl (C=O) groups excluding carboxylic acids is 1. The Hall–Kier alpha value is -2.81. The van der Waals surface area contributed by atoms with Crippen molar-refractivity contribution in [3.8, 4) is 0 Å². The van der Waals surface area contributed by atoms with Crippen LogP contribution in [0.2, 0.25) is 0 Å². The number of hydrogen-bond donors (Lipinski definition) is 2. The molecule has 1 atom stereocenters. The van der Waals surface area contributed by atoms with Gasteiger partial charge in [0.2, 0.25) is 0 Å². The van der Waals surface area contributed by atoms with Crippen molar-refractivity contribution in [1.82, 2.24) is 5.32 Å². The van der Waals surface area contributed by atoms with Crippen LogP contribution in [0.1, 0.15) is 18.5 Å². The zero-order valence-corrected chi connectivity index (χ0v) is 12.4. The highest BCUT2D eigenvalue weighted by Crippen LogP contribution is 2.19. The van der Waals surface area contributed by atoms with Crippen molar-refractivity contribution in [1.29, 1.82) is 0 Å². The van der Waals surface area contributed by atoms with Gasteiger partial charge in [-0.25, -0.2) is 4.79 Å². The van der Waals surface area contributed by atoms with E-state index in [0.29, 0.717) is 0 Å². The summed E-state index contributed by atoms with van der Waals surface area (Å²) in [6.07, 6.45) is 0. The monoisotopic (exact) mass is 290 g/mol. The van der Waals surface area contributed by atoms with Gasteiger partial charge in [0.25, 0.3) is 0 Å². The Morgan fingerprint density at radius 3 is 2.32 bits per heavy atom. The molecule has 0 spiro atoms. The van der Waals surface area contributed by atoms with Crippen molar-refractivity contribution in [2.24, 2.45) is 0 Å². The van der Waals surface area contributed by atoms with Crippen LogP contribution in [0, 0.1) is 0 Å². The van der Waals surface area contributed by atoms with Gasteiger partial charge in [-0.05, 0) is 35.4 Å². The molecule has 0 saturated heterocycles. The van der Waals surface area contributed by atoms with Crippen LogP contribution in [0.25, 0.3) is 10.8 Å². The number of benzene rings is 3. The molecule has 110 valence electrons. The first-order chi connectivity index (χ1) is 10.7. The van der Waals surface area contributed by atoms with Crippen molar-refractivity contribution in [2.45, 2.75) is 13.0 Å². The molecule has 0 aliphatic rings. The third-order valence-corrected chi connectivity index (χ3v) is 3.65. The molecule has 3 aromatic carbocycles. The first-order valence-electron chi connectivity index (χ1n) is 7.33. The largest absolute Gasteiger partial charge is 0.331 e. The van der Waals surface area contributed by atoms with E-state index in [9.17, 15) is 4.79 Å². The number of anilines is 1. The minimum absolute atomic E-state index is 0.0401. The third-order valence-electron chi connectivity index (χ3n) is 3.65. The van der Waals surface area contributed by atoms with Crippen molar-refractivity contribution >= 4 is 22.5 Å². The summed E-state index contributed by atoms with van der Waals surface area (Å²) in [6.45, 7) is 1.97. The summed E-state index contributed by atoms with van der Waals surface area (Å²) in [5, 5.41) is 8.09. The van der Waals surface area contributed by atoms with E-state index in [0.717, 1.165) is 22.0 Å². The van der Waals surface area contributed by atoms with E-state index >= 15 is 0 Å². The molecule has 0 heterocycles. The molecular formula is C19H18N2O. The maximum absolute atomic E-state index is 12.1. The normalized spacial score (nSPS) is 11.9. The first-order valence-corrected chi connectivity index (χ1v) is 7.33. The fourth-order valence-electron chi connectivity index (χ4n) is 2.46. The molecule has 2 amide bonds. The fraction of sp³-hybridized carbons (Fsp3) is 0.105. The van der Waals surface area contributed by atoms with Crippen LogP contribution < -0.4 is 10.6 Å². The van der Waals surface area contributed by atoms with E-state index in [2.05, 4.69) is 16.7 Å². The lowest BCUT2D eigenvalue weighted by Crippen LogP contribution is -2.31. The van der Waals surface area contributed by atoms with Crippen LogP contribution >= 0.6 is 0 Å². The Balaban J connectivity index is 1.68. The van der Waals surface area contributed by atoms with E-state index in [1.54, 1.807) is 0 Å². The van der Waals surface area contributed by atoms with Crippen LogP contribution in [-0.2, 0) is 0 Å². The van der Waals surface area contributed by atoms with Crippen LogP contribution in [-0.4, -0.2) is 6.03 Å². The Morgan fingerprint density at radius 2 is 1.55 bits per heavy atom. The number of amides is 2. The van der Waals surface area contributed by atoms with E-state index in [4.69, 9.17) is 0 Å². The molecule has 3 aromatic rings. The summed E-state index contributed by atoms with van der Waals surface area (Å²) in [7, 11) is 0. The third kappa shape index (κ3) is 3.26. The average molecular weight is 290 g/mol. The molecular weight excluding hydrogens is 272 g/mol. The van der Waals surface area contributed by atoms with Gasteiger partial charge in [0.15, 0.2) is 0 Å². The molecule has 0 fully saturated rings. The molecule has 0 radical (unpaired) electrons. The zero-order valence-electron chi connectivity index (χ0n) is 12.4. The summed E-state index contributed by atoms with van der Waals surface area (Å²) in [5.74, 6) is 0. The SMILES string of the molecule is C[C@@H](NC(=O)Nc1ccc2ccccc2c1)c1ccccc1. The van der Waals surface area contributed by atoms with E-state index in [1.165, 1.54) is 0 Å². The fourth-order valence-corrected chi connectivity index (χ4v) is 2.46.